The number of carboxylic acids is 1. The molecule has 2 N–H and O–H groups in total. The van der Waals surface area contributed by atoms with E-state index in [0.717, 1.165) is 17.5 Å². The minimum absolute atomic E-state index is 0.130. The van der Waals surface area contributed by atoms with Crippen molar-refractivity contribution in [2.24, 2.45) is 0 Å². The Balaban J connectivity index is 1.93. The number of unbranched alkanes of at least 4 members (excludes halogenated alkanes) is 1. The van der Waals surface area contributed by atoms with Crippen molar-refractivity contribution >= 4 is 5.97 Å². The first kappa shape index (κ1) is 17.9. The number of carbonyl (C=O) groups is 1. The van der Waals surface area contributed by atoms with Crippen LogP contribution in [0.15, 0.2) is 48.5 Å². The third-order valence-electron chi connectivity index (χ3n) is 3.81. The Bertz CT molecular complexity index is 620. The summed E-state index contributed by atoms with van der Waals surface area (Å²) in [6, 6.07) is 16.7. The van der Waals surface area contributed by atoms with E-state index in [1.165, 1.54) is 9.13 Å². The summed E-state index contributed by atoms with van der Waals surface area (Å²) in [6.07, 6.45) is 1.57. The number of hydrogen-bond donors (Lipinski definition) is 2. The van der Waals surface area contributed by atoms with E-state index in [-0.39, 0.29) is 27.6 Å². The average molecular weight is 425 g/mol. The molecular formula is C19H22IO3-. The number of benzene rings is 2. The summed E-state index contributed by atoms with van der Waals surface area (Å²) >= 11 is 0.130. The number of carboxylic acid groups (broad SMARTS) is 1. The average Bonchev–Trinajstić information content (AvgIpc) is 2.58. The monoisotopic (exact) mass is 425 g/mol. The van der Waals surface area contributed by atoms with Crippen LogP contribution in [0.4, 0.5) is 0 Å². The van der Waals surface area contributed by atoms with Crippen LogP contribution in [-0.2, 0) is 4.79 Å². The van der Waals surface area contributed by atoms with Crippen LogP contribution in [0, 0.1) is 3.57 Å². The van der Waals surface area contributed by atoms with Gasteiger partial charge in [0.1, 0.15) is 0 Å². The second kappa shape index (κ2) is 9.03. The predicted octanol–water partition coefficient (Wildman–Crippen LogP) is 0.920. The molecule has 0 heterocycles. The van der Waals surface area contributed by atoms with Crippen LogP contribution in [-0.4, -0.2) is 21.1 Å². The molecule has 0 radical (unpaired) electrons. The van der Waals surface area contributed by atoms with Crippen molar-refractivity contribution in [3.63, 3.8) is 0 Å². The van der Waals surface area contributed by atoms with Crippen LogP contribution in [0.5, 0.6) is 0 Å². The van der Waals surface area contributed by atoms with E-state index in [9.17, 15) is 9.90 Å². The topological polar surface area (TPSA) is 57.5 Å². The molecule has 124 valence electrons. The summed E-state index contributed by atoms with van der Waals surface area (Å²) in [6.45, 7) is 0. The third-order valence-corrected chi connectivity index (χ3v) is 5.77. The van der Waals surface area contributed by atoms with Crippen LogP contribution in [0.25, 0.3) is 11.1 Å². The molecule has 0 aliphatic rings. The molecule has 3 nitrogen and oxygen atoms in total. The van der Waals surface area contributed by atoms with Gasteiger partial charge in [-0.1, -0.05) is 0 Å². The normalized spacial score (nSPS) is 12.3. The van der Waals surface area contributed by atoms with Crippen molar-refractivity contribution in [2.75, 3.05) is 4.93 Å². The van der Waals surface area contributed by atoms with Crippen molar-refractivity contribution in [3.8, 4) is 11.1 Å². The van der Waals surface area contributed by atoms with Gasteiger partial charge in [-0.2, -0.15) is 0 Å². The molecule has 2 aromatic carbocycles. The second-order valence-electron chi connectivity index (χ2n) is 5.47. The fraction of sp³-hybridized carbons (Fsp3) is 0.316. The number of hydrogen-bond acceptors (Lipinski definition) is 2. The van der Waals surface area contributed by atoms with Crippen LogP contribution in [0.3, 0.4) is 0 Å². The van der Waals surface area contributed by atoms with Gasteiger partial charge in [-0.05, 0) is 0 Å². The fourth-order valence-corrected chi connectivity index (χ4v) is 3.53. The maximum atomic E-state index is 10.5. The van der Waals surface area contributed by atoms with Gasteiger partial charge in [0, 0.05) is 6.42 Å². The second-order valence-corrected chi connectivity index (χ2v) is 7.80. The summed E-state index contributed by atoms with van der Waals surface area (Å²) in [5.41, 5.74) is 3.22. The Hall–Kier alpha value is -1.40. The van der Waals surface area contributed by atoms with Gasteiger partial charge in [-0.25, -0.2) is 0 Å². The number of aliphatic hydroxyl groups excluding tert-OH is 1. The Kier molecular flexibility index (Phi) is 7.05. The van der Waals surface area contributed by atoms with Crippen molar-refractivity contribution < 1.29 is 36.2 Å². The number of alkyl halides is 1. The van der Waals surface area contributed by atoms with Gasteiger partial charge < -0.3 is 5.11 Å². The Morgan fingerprint density at radius 2 is 1.57 bits per heavy atom. The van der Waals surface area contributed by atoms with Crippen LogP contribution in [0.2, 0.25) is 0 Å². The number of aliphatic carboxylic acids is 1. The van der Waals surface area contributed by atoms with E-state index in [1.807, 2.05) is 24.3 Å². The van der Waals surface area contributed by atoms with Gasteiger partial charge in [0.05, 0.1) is 0 Å². The molecule has 0 saturated carbocycles. The maximum absolute atomic E-state index is 10.5. The van der Waals surface area contributed by atoms with Crippen molar-refractivity contribution in [3.05, 3.63) is 57.7 Å². The molecule has 4 heteroatoms. The summed E-state index contributed by atoms with van der Waals surface area (Å²) in [4.78, 5) is 12.7. The van der Waals surface area contributed by atoms with Gasteiger partial charge in [0.15, 0.2) is 0 Å². The molecule has 2 rings (SSSR count). The molecule has 2 aromatic rings. The molecule has 0 aliphatic carbocycles. The van der Waals surface area contributed by atoms with E-state index in [2.05, 4.69) is 29.2 Å². The van der Waals surface area contributed by atoms with E-state index in [4.69, 9.17) is 5.11 Å². The summed E-state index contributed by atoms with van der Waals surface area (Å²) in [7, 11) is 0. The molecule has 0 saturated heterocycles. The third kappa shape index (κ3) is 5.62. The molecular weight excluding hydrogens is 403 g/mol. The standard InChI is InChI=1S/C19H22IO3/c1-20-17-12-10-15(11-13-17)14-6-8-16(9-7-14)18(21)4-2-3-5-19(22)23/h6-13,18,21H,2-5H2,1H3,(H,22,23)/q-1. The minimum atomic E-state index is -0.778. The Morgan fingerprint density at radius 1 is 1.00 bits per heavy atom. The summed E-state index contributed by atoms with van der Waals surface area (Å²) in [5.74, 6) is -0.778. The molecule has 0 spiro atoms. The van der Waals surface area contributed by atoms with Gasteiger partial charge in [-0.3, -0.25) is 4.79 Å². The zero-order valence-electron chi connectivity index (χ0n) is 13.2. The molecule has 0 fully saturated rings. The van der Waals surface area contributed by atoms with Gasteiger partial charge in [0.2, 0.25) is 0 Å². The van der Waals surface area contributed by atoms with E-state index in [0.29, 0.717) is 12.8 Å². The Morgan fingerprint density at radius 3 is 2.09 bits per heavy atom. The number of halogens is 1. The first-order chi connectivity index (χ1) is 11.1. The van der Waals surface area contributed by atoms with Gasteiger partial charge >= 0.3 is 131 Å². The fourth-order valence-electron chi connectivity index (χ4n) is 2.45. The molecule has 0 amide bonds. The molecule has 1 unspecified atom stereocenters. The predicted molar refractivity (Wildman–Crippen MR) is 87.6 cm³/mol. The van der Waals surface area contributed by atoms with E-state index >= 15 is 0 Å². The van der Waals surface area contributed by atoms with Gasteiger partial charge in [-0.15, -0.1) is 0 Å². The molecule has 0 aromatic heterocycles. The number of rotatable bonds is 8. The molecule has 1 atom stereocenters. The van der Waals surface area contributed by atoms with Crippen molar-refractivity contribution in [1.82, 2.24) is 0 Å². The molecule has 23 heavy (non-hydrogen) atoms. The summed E-state index contributed by atoms with van der Waals surface area (Å²) < 4.78 is 1.43. The van der Waals surface area contributed by atoms with E-state index < -0.39 is 12.1 Å². The Labute approximate surface area is 147 Å². The summed E-state index contributed by atoms with van der Waals surface area (Å²) in [5, 5.41) is 18.8. The van der Waals surface area contributed by atoms with Crippen LogP contribution < -0.4 is 21.2 Å². The number of aliphatic hydroxyl groups is 1. The zero-order valence-corrected chi connectivity index (χ0v) is 15.4. The van der Waals surface area contributed by atoms with E-state index in [1.54, 1.807) is 0 Å². The molecule has 0 aliphatic heterocycles. The van der Waals surface area contributed by atoms with Crippen LogP contribution in [0.1, 0.15) is 37.4 Å². The van der Waals surface area contributed by atoms with Crippen molar-refractivity contribution in [2.45, 2.75) is 31.8 Å². The van der Waals surface area contributed by atoms with Gasteiger partial charge in [0.25, 0.3) is 0 Å². The van der Waals surface area contributed by atoms with Crippen LogP contribution >= 0.6 is 0 Å². The van der Waals surface area contributed by atoms with Crippen molar-refractivity contribution in [1.29, 1.82) is 0 Å². The molecule has 0 bridgehead atoms. The first-order valence-electron chi connectivity index (χ1n) is 7.70. The quantitative estimate of drug-likeness (QED) is 0.376. The first-order valence-corrected chi connectivity index (χ1v) is 10.9. The zero-order chi connectivity index (χ0) is 16.7. The SMILES string of the molecule is C[I-]c1ccc(-c2ccc(C(O)CCCCC(=O)O)cc2)cc1.